The molecule has 0 amide bonds. The number of carboxylic acids is 1. The van der Waals surface area contributed by atoms with Crippen molar-refractivity contribution in [3.63, 3.8) is 0 Å². The van der Waals surface area contributed by atoms with E-state index in [4.69, 9.17) is 14.6 Å². The van der Waals surface area contributed by atoms with E-state index in [9.17, 15) is 9.18 Å². The topological polar surface area (TPSA) is 55.8 Å². The first kappa shape index (κ1) is 14.5. The van der Waals surface area contributed by atoms with Crippen LogP contribution in [0.25, 0.3) is 6.08 Å². The summed E-state index contributed by atoms with van der Waals surface area (Å²) in [7, 11) is 0. The van der Waals surface area contributed by atoms with Gasteiger partial charge < -0.3 is 14.6 Å². The molecule has 1 fully saturated rings. The number of hydrogen-bond donors (Lipinski definition) is 1. The first-order valence-electron chi connectivity index (χ1n) is 6.60. The van der Waals surface area contributed by atoms with Crippen molar-refractivity contribution in [2.24, 2.45) is 0 Å². The Kier molecular flexibility index (Phi) is 5.12. The van der Waals surface area contributed by atoms with E-state index < -0.39 is 11.8 Å². The van der Waals surface area contributed by atoms with Crippen molar-refractivity contribution < 1.29 is 23.8 Å². The molecule has 1 unspecified atom stereocenters. The largest absolute Gasteiger partial charge is 0.490 e. The highest BCUT2D eigenvalue weighted by molar-refractivity contribution is 5.85. The van der Waals surface area contributed by atoms with E-state index in [0.717, 1.165) is 31.9 Å². The summed E-state index contributed by atoms with van der Waals surface area (Å²) in [5.41, 5.74) is 0.483. The number of benzene rings is 1. The summed E-state index contributed by atoms with van der Waals surface area (Å²) in [5.74, 6) is -1.39. The molecule has 0 bridgehead atoms. The van der Waals surface area contributed by atoms with E-state index in [1.54, 1.807) is 6.07 Å². The third kappa shape index (κ3) is 4.35. The third-order valence-corrected chi connectivity index (χ3v) is 3.10. The molecule has 1 saturated heterocycles. The molecule has 0 radical (unpaired) electrons. The molecule has 1 N–H and O–H groups in total. The molecule has 5 heteroatoms. The normalized spacial score (nSPS) is 18.6. The van der Waals surface area contributed by atoms with Crippen LogP contribution in [0.3, 0.4) is 0 Å². The summed E-state index contributed by atoms with van der Waals surface area (Å²) in [6.07, 6.45) is 5.37. The van der Waals surface area contributed by atoms with Crippen molar-refractivity contribution in [3.8, 4) is 5.75 Å². The molecule has 0 saturated carbocycles. The highest BCUT2D eigenvalue weighted by Crippen LogP contribution is 2.21. The number of aliphatic carboxylic acids is 1. The van der Waals surface area contributed by atoms with E-state index >= 15 is 0 Å². The maximum atomic E-state index is 13.7. The number of hydrogen-bond acceptors (Lipinski definition) is 3. The molecule has 2 rings (SSSR count). The Morgan fingerprint density at radius 2 is 2.40 bits per heavy atom. The Balaban J connectivity index is 1.86. The number of ether oxygens (including phenoxy) is 2. The van der Waals surface area contributed by atoms with Crippen LogP contribution in [0.4, 0.5) is 4.39 Å². The van der Waals surface area contributed by atoms with Crippen molar-refractivity contribution >= 4 is 12.0 Å². The van der Waals surface area contributed by atoms with Gasteiger partial charge in [-0.1, -0.05) is 6.07 Å². The minimum atomic E-state index is -1.07. The summed E-state index contributed by atoms with van der Waals surface area (Å²) in [6, 6.07) is 4.37. The predicted octanol–water partition coefficient (Wildman–Crippen LogP) is 2.87. The van der Waals surface area contributed by atoms with Crippen LogP contribution in [-0.4, -0.2) is 30.4 Å². The van der Waals surface area contributed by atoms with Crippen LogP contribution in [-0.2, 0) is 9.53 Å². The maximum Gasteiger partial charge on any atom is 0.328 e. The van der Waals surface area contributed by atoms with Gasteiger partial charge in [-0.05, 0) is 36.6 Å². The van der Waals surface area contributed by atoms with Crippen molar-refractivity contribution in [2.75, 3.05) is 13.2 Å². The number of halogens is 1. The quantitative estimate of drug-likeness (QED) is 0.814. The zero-order valence-corrected chi connectivity index (χ0v) is 11.0. The lowest BCUT2D eigenvalue weighted by Crippen LogP contribution is -2.11. The molecule has 20 heavy (non-hydrogen) atoms. The second-order valence-electron chi connectivity index (χ2n) is 4.63. The van der Waals surface area contributed by atoms with E-state index in [-0.39, 0.29) is 11.9 Å². The van der Waals surface area contributed by atoms with Gasteiger partial charge in [0.15, 0.2) is 11.6 Å². The molecule has 1 aliphatic heterocycles. The van der Waals surface area contributed by atoms with Gasteiger partial charge in [-0.2, -0.15) is 0 Å². The van der Waals surface area contributed by atoms with Crippen LogP contribution in [0.2, 0.25) is 0 Å². The minimum absolute atomic E-state index is 0.176. The monoisotopic (exact) mass is 280 g/mol. The fourth-order valence-electron chi connectivity index (χ4n) is 2.08. The van der Waals surface area contributed by atoms with Crippen LogP contribution < -0.4 is 4.74 Å². The zero-order valence-electron chi connectivity index (χ0n) is 11.0. The molecule has 1 aliphatic rings. The van der Waals surface area contributed by atoms with Crippen LogP contribution in [0.5, 0.6) is 5.75 Å². The van der Waals surface area contributed by atoms with E-state index in [1.807, 2.05) is 0 Å². The van der Waals surface area contributed by atoms with Crippen molar-refractivity contribution in [2.45, 2.75) is 25.4 Å². The molecule has 1 aromatic carbocycles. The molecular formula is C15H17FO4. The zero-order chi connectivity index (χ0) is 14.4. The molecule has 0 aliphatic carbocycles. The van der Waals surface area contributed by atoms with Gasteiger partial charge in [0.05, 0.1) is 12.7 Å². The average molecular weight is 280 g/mol. The fourth-order valence-corrected chi connectivity index (χ4v) is 2.08. The summed E-state index contributed by atoms with van der Waals surface area (Å²) in [4.78, 5) is 10.4. The van der Waals surface area contributed by atoms with E-state index in [0.29, 0.717) is 12.2 Å². The van der Waals surface area contributed by atoms with Crippen molar-refractivity contribution in [1.29, 1.82) is 0 Å². The second kappa shape index (κ2) is 7.05. The first-order valence-corrected chi connectivity index (χ1v) is 6.60. The lowest BCUT2D eigenvalue weighted by Gasteiger charge is -2.11. The Labute approximate surface area is 116 Å². The van der Waals surface area contributed by atoms with Gasteiger partial charge in [0.25, 0.3) is 0 Å². The van der Waals surface area contributed by atoms with Crippen LogP contribution in [0, 0.1) is 5.82 Å². The number of carbonyl (C=O) groups is 1. The summed E-state index contributed by atoms with van der Waals surface area (Å²) < 4.78 is 24.6. The lowest BCUT2D eigenvalue weighted by molar-refractivity contribution is -0.131. The standard InChI is InChI=1S/C15H17FO4/c16-13-10-11(4-6-15(17)18)3-5-14(13)20-9-7-12-2-1-8-19-12/h3-6,10,12H,1-2,7-9H2,(H,17,18)/b6-4+. The van der Waals surface area contributed by atoms with Gasteiger partial charge in [0.1, 0.15) is 0 Å². The van der Waals surface area contributed by atoms with E-state index in [1.165, 1.54) is 18.2 Å². The molecule has 0 aromatic heterocycles. The summed E-state index contributed by atoms with van der Waals surface area (Å²) in [6.45, 7) is 1.20. The number of carboxylic acid groups (broad SMARTS) is 1. The first-order chi connectivity index (χ1) is 9.65. The van der Waals surface area contributed by atoms with Crippen LogP contribution in [0.1, 0.15) is 24.8 Å². The molecule has 108 valence electrons. The Morgan fingerprint density at radius 3 is 3.05 bits per heavy atom. The van der Waals surface area contributed by atoms with Gasteiger partial charge in [-0.3, -0.25) is 0 Å². The van der Waals surface area contributed by atoms with Gasteiger partial charge in [-0.25, -0.2) is 9.18 Å². The summed E-state index contributed by atoms with van der Waals surface area (Å²) in [5, 5.41) is 8.50. The van der Waals surface area contributed by atoms with Gasteiger partial charge in [-0.15, -0.1) is 0 Å². The minimum Gasteiger partial charge on any atom is -0.490 e. The molecule has 0 spiro atoms. The smallest absolute Gasteiger partial charge is 0.328 e. The number of rotatable bonds is 6. The Morgan fingerprint density at radius 1 is 1.55 bits per heavy atom. The Bertz CT molecular complexity index is 493. The summed E-state index contributed by atoms with van der Waals surface area (Å²) >= 11 is 0. The SMILES string of the molecule is O=C(O)/C=C/c1ccc(OCCC2CCCO2)c(F)c1. The average Bonchev–Trinajstić information content (AvgIpc) is 2.92. The van der Waals surface area contributed by atoms with Crippen molar-refractivity contribution in [3.05, 3.63) is 35.7 Å². The van der Waals surface area contributed by atoms with Crippen LogP contribution >= 0.6 is 0 Å². The highest BCUT2D eigenvalue weighted by atomic mass is 19.1. The van der Waals surface area contributed by atoms with Gasteiger partial charge in [0, 0.05) is 19.1 Å². The molecule has 1 atom stereocenters. The lowest BCUT2D eigenvalue weighted by atomic mass is 10.2. The van der Waals surface area contributed by atoms with Gasteiger partial charge >= 0.3 is 5.97 Å². The van der Waals surface area contributed by atoms with Crippen LogP contribution in [0.15, 0.2) is 24.3 Å². The maximum absolute atomic E-state index is 13.7. The van der Waals surface area contributed by atoms with E-state index in [2.05, 4.69) is 0 Å². The second-order valence-corrected chi connectivity index (χ2v) is 4.63. The predicted molar refractivity (Wildman–Crippen MR) is 72.2 cm³/mol. The van der Waals surface area contributed by atoms with Crippen molar-refractivity contribution in [1.82, 2.24) is 0 Å². The highest BCUT2D eigenvalue weighted by Gasteiger charge is 2.15. The fraction of sp³-hybridized carbons (Fsp3) is 0.400. The molecule has 4 nitrogen and oxygen atoms in total. The third-order valence-electron chi connectivity index (χ3n) is 3.10. The van der Waals surface area contributed by atoms with Gasteiger partial charge in [0.2, 0.25) is 0 Å². The Hall–Kier alpha value is -1.88. The molecular weight excluding hydrogens is 263 g/mol. The molecule has 1 heterocycles. The molecule has 1 aromatic rings.